The molecule has 0 spiro atoms. The van der Waals surface area contributed by atoms with Crippen molar-refractivity contribution in [3.05, 3.63) is 111 Å². The van der Waals surface area contributed by atoms with Crippen LogP contribution in [0.5, 0.6) is 11.5 Å². The van der Waals surface area contributed by atoms with Gasteiger partial charge in [-0.05, 0) is 98.0 Å². The summed E-state index contributed by atoms with van der Waals surface area (Å²) >= 11 is 0. The van der Waals surface area contributed by atoms with Crippen LogP contribution >= 0.6 is 0 Å². The molecule has 0 saturated carbocycles. The summed E-state index contributed by atoms with van der Waals surface area (Å²) < 4.78 is 11.9. The Balaban J connectivity index is 1.43. The minimum atomic E-state index is -0.402. The van der Waals surface area contributed by atoms with Crippen molar-refractivity contribution in [1.29, 1.82) is 0 Å². The quantitative estimate of drug-likeness (QED) is 0.0843. The first-order valence-corrected chi connectivity index (χ1v) is 14.8. The molecule has 0 unspecified atom stereocenters. The van der Waals surface area contributed by atoms with E-state index in [1.54, 1.807) is 12.1 Å². The lowest BCUT2D eigenvalue weighted by Gasteiger charge is -2.12. The van der Waals surface area contributed by atoms with E-state index < -0.39 is 4.92 Å². The van der Waals surface area contributed by atoms with Crippen LogP contribution in [-0.4, -0.2) is 28.1 Å². The van der Waals surface area contributed by atoms with E-state index >= 15 is 0 Å². The molecule has 0 aliphatic heterocycles. The van der Waals surface area contributed by atoms with Crippen LogP contribution in [-0.2, 0) is 0 Å². The summed E-state index contributed by atoms with van der Waals surface area (Å²) in [6.45, 7) is 9.53. The average Bonchev–Trinajstić information content (AvgIpc) is 3.01. The van der Waals surface area contributed by atoms with E-state index in [9.17, 15) is 10.1 Å². The van der Waals surface area contributed by atoms with Crippen molar-refractivity contribution in [3.8, 4) is 22.6 Å². The maximum absolute atomic E-state index is 10.9. The van der Waals surface area contributed by atoms with Crippen LogP contribution in [0.4, 0.5) is 5.69 Å². The molecule has 2 aromatic heterocycles. The second-order valence-corrected chi connectivity index (χ2v) is 10.4. The number of hydrogen-bond donors (Lipinski definition) is 0. The van der Waals surface area contributed by atoms with Gasteiger partial charge in [0.2, 0.25) is 0 Å². The molecule has 0 aliphatic carbocycles. The van der Waals surface area contributed by atoms with E-state index in [0.29, 0.717) is 13.2 Å². The summed E-state index contributed by atoms with van der Waals surface area (Å²) in [6.07, 6.45) is 16.3. The molecule has 0 radical (unpaired) electrons. The van der Waals surface area contributed by atoms with Gasteiger partial charge in [-0.2, -0.15) is 0 Å². The molecule has 43 heavy (non-hydrogen) atoms. The van der Waals surface area contributed by atoms with Gasteiger partial charge >= 0.3 is 0 Å². The lowest BCUT2D eigenvalue weighted by Crippen LogP contribution is -2.01. The topological polar surface area (TPSA) is 87.4 Å². The van der Waals surface area contributed by atoms with Gasteiger partial charge in [0.15, 0.2) is 11.5 Å². The van der Waals surface area contributed by atoms with Gasteiger partial charge in [0.1, 0.15) is 0 Å². The Labute approximate surface area is 254 Å². The number of benzene rings is 2. The molecule has 2 aromatic carbocycles. The summed E-state index contributed by atoms with van der Waals surface area (Å²) in [5, 5.41) is 10.9. The summed E-state index contributed by atoms with van der Waals surface area (Å²) in [4.78, 5) is 19.8. The van der Waals surface area contributed by atoms with Crippen molar-refractivity contribution in [2.45, 2.75) is 53.4 Å². The number of non-ortho nitro benzene ring substituents is 1. The Morgan fingerprint density at radius 1 is 0.721 bits per heavy atom. The van der Waals surface area contributed by atoms with Crippen LogP contribution in [0.2, 0.25) is 0 Å². The number of aryl methyl sites for hydroxylation is 2. The molecule has 0 saturated heterocycles. The third-order valence-corrected chi connectivity index (χ3v) is 7.07. The Bertz CT molecular complexity index is 1590. The molecule has 0 aliphatic rings. The van der Waals surface area contributed by atoms with Crippen molar-refractivity contribution >= 4 is 30.0 Å². The van der Waals surface area contributed by atoms with Crippen LogP contribution < -0.4 is 9.47 Å². The first kappa shape index (κ1) is 31.2. The SMILES string of the molecule is CCCCCCOc1ccc(/C=C/c2ncc(-c3cnc(/C=C/c4ccc([N+](=O)[O-])cc4)c(C)c3)cc2C)cc1OCC. The maximum Gasteiger partial charge on any atom is 0.269 e. The lowest BCUT2D eigenvalue weighted by molar-refractivity contribution is -0.384. The molecular formula is C36H39N3O4. The minimum absolute atomic E-state index is 0.0736. The average molecular weight is 578 g/mol. The van der Waals surface area contributed by atoms with Gasteiger partial charge in [-0.15, -0.1) is 0 Å². The molecule has 4 aromatic rings. The molecule has 0 bridgehead atoms. The van der Waals surface area contributed by atoms with E-state index in [2.05, 4.69) is 31.0 Å². The van der Waals surface area contributed by atoms with Gasteiger partial charge in [-0.25, -0.2) is 0 Å². The van der Waals surface area contributed by atoms with Gasteiger partial charge in [0.05, 0.1) is 29.5 Å². The highest BCUT2D eigenvalue weighted by Gasteiger charge is 2.08. The van der Waals surface area contributed by atoms with E-state index in [4.69, 9.17) is 14.5 Å². The predicted molar refractivity (Wildman–Crippen MR) is 175 cm³/mol. The van der Waals surface area contributed by atoms with Gasteiger partial charge in [0, 0.05) is 35.7 Å². The zero-order valence-corrected chi connectivity index (χ0v) is 25.4. The third kappa shape index (κ3) is 8.85. The Kier molecular flexibility index (Phi) is 11.2. The molecule has 4 rings (SSSR count). The fraction of sp³-hybridized carbons (Fsp3) is 0.278. The molecule has 2 heterocycles. The summed E-state index contributed by atoms with van der Waals surface area (Å²) in [5.41, 5.74) is 7.76. The van der Waals surface area contributed by atoms with E-state index in [-0.39, 0.29) is 5.69 Å². The first-order chi connectivity index (χ1) is 20.9. The fourth-order valence-corrected chi connectivity index (χ4v) is 4.62. The van der Waals surface area contributed by atoms with Crippen LogP contribution in [0, 0.1) is 24.0 Å². The maximum atomic E-state index is 10.9. The third-order valence-electron chi connectivity index (χ3n) is 7.07. The Morgan fingerprint density at radius 3 is 1.88 bits per heavy atom. The number of ether oxygens (including phenoxy) is 2. The predicted octanol–water partition coefficient (Wildman–Crippen LogP) is 9.37. The van der Waals surface area contributed by atoms with Crippen LogP contribution in [0.25, 0.3) is 35.4 Å². The molecule has 0 atom stereocenters. The van der Waals surface area contributed by atoms with Gasteiger partial charge in [-0.3, -0.25) is 20.1 Å². The highest BCUT2D eigenvalue weighted by atomic mass is 16.6. The number of pyridine rings is 2. The lowest BCUT2D eigenvalue weighted by atomic mass is 10.0. The molecule has 222 valence electrons. The van der Waals surface area contributed by atoms with Crippen molar-refractivity contribution in [1.82, 2.24) is 9.97 Å². The second-order valence-electron chi connectivity index (χ2n) is 10.4. The molecule has 7 nitrogen and oxygen atoms in total. The molecule has 0 N–H and O–H groups in total. The van der Waals surface area contributed by atoms with Crippen molar-refractivity contribution in [2.24, 2.45) is 0 Å². The largest absolute Gasteiger partial charge is 0.490 e. The van der Waals surface area contributed by atoms with Crippen molar-refractivity contribution in [3.63, 3.8) is 0 Å². The number of aromatic nitrogens is 2. The molecule has 0 fully saturated rings. The van der Waals surface area contributed by atoms with E-state index in [1.807, 2.05) is 68.7 Å². The van der Waals surface area contributed by atoms with E-state index in [0.717, 1.165) is 62.7 Å². The molecule has 0 amide bonds. The number of rotatable bonds is 14. The smallest absolute Gasteiger partial charge is 0.269 e. The number of hydrogen-bond acceptors (Lipinski definition) is 6. The van der Waals surface area contributed by atoms with Crippen molar-refractivity contribution in [2.75, 3.05) is 13.2 Å². The summed E-state index contributed by atoms with van der Waals surface area (Å²) in [6, 6.07) is 16.7. The first-order valence-electron chi connectivity index (χ1n) is 14.8. The zero-order chi connectivity index (χ0) is 30.6. The normalized spacial score (nSPS) is 11.3. The van der Waals surface area contributed by atoms with Gasteiger partial charge < -0.3 is 9.47 Å². The molecular weight excluding hydrogens is 538 g/mol. The summed E-state index contributed by atoms with van der Waals surface area (Å²) in [5.74, 6) is 1.54. The summed E-state index contributed by atoms with van der Waals surface area (Å²) in [7, 11) is 0. The van der Waals surface area contributed by atoms with Crippen LogP contribution in [0.1, 0.15) is 73.2 Å². The number of nitro groups is 1. The van der Waals surface area contributed by atoms with Gasteiger partial charge in [0.25, 0.3) is 5.69 Å². The number of unbranched alkanes of at least 4 members (excludes halogenated alkanes) is 3. The standard InChI is InChI=1S/C36H39N3O4/c1-5-7-8-9-20-43-35-19-14-29(23-36(35)42-6-2)13-18-34-27(4)22-31(25-38-34)30-21-26(3)33(37-24-30)17-12-28-10-15-32(16-11-28)39(40)41/h10-19,21-25H,5-9,20H2,1-4H3/b17-12+,18-13+. The number of nitro benzene ring substituents is 1. The second kappa shape index (κ2) is 15.4. The van der Waals surface area contributed by atoms with Crippen LogP contribution in [0.15, 0.2) is 67.0 Å². The van der Waals surface area contributed by atoms with Crippen molar-refractivity contribution < 1.29 is 14.4 Å². The minimum Gasteiger partial charge on any atom is -0.490 e. The monoisotopic (exact) mass is 577 g/mol. The Hall–Kier alpha value is -4.78. The zero-order valence-electron chi connectivity index (χ0n) is 25.4. The fourth-order valence-electron chi connectivity index (χ4n) is 4.62. The highest BCUT2D eigenvalue weighted by molar-refractivity contribution is 5.74. The Morgan fingerprint density at radius 2 is 1.33 bits per heavy atom. The highest BCUT2D eigenvalue weighted by Crippen LogP contribution is 2.30. The number of nitrogens with zero attached hydrogens (tertiary/aromatic N) is 3. The van der Waals surface area contributed by atoms with E-state index in [1.165, 1.54) is 31.4 Å². The molecule has 7 heteroatoms. The van der Waals surface area contributed by atoms with Crippen LogP contribution in [0.3, 0.4) is 0 Å². The van der Waals surface area contributed by atoms with Gasteiger partial charge in [-0.1, -0.05) is 44.4 Å².